The molecule has 0 spiro atoms. The minimum absolute atomic E-state index is 0. The van der Waals surface area contributed by atoms with Gasteiger partial charge in [0.2, 0.25) is 0 Å². The second-order valence-electron chi connectivity index (χ2n) is 6.96. The Morgan fingerprint density at radius 1 is 0.593 bits per heavy atom. The number of nitrogens with zero attached hydrogens (tertiary/aromatic N) is 1. The molecule has 0 fully saturated rings. The molecule has 5 heteroatoms. The normalized spacial score (nSPS) is 10.3. The zero-order valence-corrected chi connectivity index (χ0v) is 20.9. The molecule has 27 heavy (non-hydrogen) atoms. The summed E-state index contributed by atoms with van der Waals surface area (Å²) >= 11 is 14.4. The van der Waals surface area contributed by atoms with E-state index in [0.717, 1.165) is 0 Å². The Balaban J connectivity index is 0. The number of pyridine rings is 1. The molecule has 0 unspecified atom stereocenters. The maximum absolute atomic E-state index is 4.81. The van der Waals surface area contributed by atoms with Crippen LogP contribution in [0.15, 0.2) is 30.6 Å². The van der Waals surface area contributed by atoms with Crippen LogP contribution in [0.25, 0.3) is 0 Å². The van der Waals surface area contributed by atoms with E-state index in [9.17, 15) is 0 Å². The highest BCUT2D eigenvalue weighted by atomic mass is 79.9. The van der Waals surface area contributed by atoms with Gasteiger partial charge in [0.05, 0.1) is 0 Å². The van der Waals surface area contributed by atoms with Crippen LogP contribution in [0.1, 0.15) is 96.8 Å². The first-order valence-corrected chi connectivity index (χ1v) is 11.8. The standard InChI is InChI=1S/C21H38N.CHCl3.BrH/c1-2-3-4-5-6-7-8-9-10-11-12-13-14-16-19-22-20-17-15-18-21-22;2-1(3)4;/h15,17-18,20-21H,2-14,16,19H2,1H3;1H;1H/q+1;;/p-1. The highest BCUT2D eigenvalue weighted by Gasteiger charge is 1.98. The number of alkyl halides is 3. The van der Waals surface area contributed by atoms with Crippen molar-refractivity contribution in [2.45, 2.75) is 108 Å². The summed E-state index contributed by atoms with van der Waals surface area (Å²) in [5, 5.41) is 0. The summed E-state index contributed by atoms with van der Waals surface area (Å²) in [7, 11) is 0. The molecule has 0 aliphatic heterocycles. The van der Waals surface area contributed by atoms with Gasteiger partial charge in [-0.3, -0.25) is 0 Å². The smallest absolute Gasteiger partial charge is 0.180 e. The molecular weight excluding hydrogens is 465 g/mol. The second-order valence-corrected chi connectivity index (χ2v) is 8.94. The maximum atomic E-state index is 4.81. The van der Waals surface area contributed by atoms with E-state index < -0.39 is 4.30 Å². The van der Waals surface area contributed by atoms with E-state index in [1.54, 1.807) is 0 Å². The Morgan fingerprint density at radius 2 is 0.926 bits per heavy atom. The number of aromatic nitrogens is 1. The van der Waals surface area contributed by atoms with Crippen molar-refractivity contribution < 1.29 is 21.5 Å². The van der Waals surface area contributed by atoms with Crippen molar-refractivity contribution in [3.8, 4) is 0 Å². The first-order chi connectivity index (χ1) is 12.7. The number of aryl methyl sites for hydroxylation is 1. The van der Waals surface area contributed by atoms with Gasteiger partial charge in [-0.2, -0.15) is 0 Å². The average Bonchev–Trinajstić information content (AvgIpc) is 2.62. The third-order valence-corrected chi connectivity index (χ3v) is 4.55. The van der Waals surface area contributed by atoms with Gasteiger partial charge in [-0.15, -0.1) is 0 Å². The van der Waals surface area contributed by atoms with Crippen LogP contribution in [-0.2, 0) is 6.54 Å². The molecule has 1 aromatic heterocycles. The van der Waals surface area contributed by atoms with Gasteiger partial charge in [-0.1, -0.05) is 125 Å². The van der Waals surface area contributed by atoms with Crippen LogP contribution in [0.2, 0.25) is 0 Å². The fourth-order valence-corrected chi connectivity index (χ4v) is 3.07. The molecule has 0 aromatic carbocycles. The minimum atomic E-state index is -0.750. The monoisotopic (exact) mass is 501 g/mol. The molecule has 1 rings (SSSR count). The maximum Gasteiger partial charge on any atom is 0.180 e. The Morgan fingerprint density at radius 3 is 1.30 bits per heavy atom. The topological polar surface area (TPSA) is 3.88 Å². The Kier molecular flexibility index (Phi) is 27.0. The van der Waals surface area contributed by atoms with Crippen molar-refractivity contribution in [3.05, 3.63) is 30.6 Å². The first-order valence-electron chi connectivity index (χ1n) is 10.5. The molecule has 0 aliphatic carbocycles. The molecule has 0 atom stereocenters. The molecule has 1 nitrogen and oxygen atoms in total. The molecule has 0 saturated heterocycles. The highest BCUT2D eigenvalue weighted by molar-refractivity contribution is 6.63. The lowest BCUT2D eigenvalue weighted by Gasteiger charge is -2.02. The molecule has 0 amide bonds. The predicted molar refractivity (Wildman–Crippen MR) is 118 cm³/mol. The van der Waals surface area contributed by atoms with Gasteiger partial charge in [-0.05, 0) is 6.42 Å². The molecule has 0 N–H and O–H groups in total. The van der Waals surface area contributed by atoms with Gasteiger partial charge < -0.3 is 17.0 Å². The van der Waals surface area contributed by atoms with Gasteiger partial charge in [0.15, 0.2) is 16.7 Å². The van der Waals surface area contributed by atoms with Crippen LogP contribution in [0.5, 0.6) is 0 Å². The largest absolute Gasteiger partial charge is 1.00 e. The lowest BCUT2D eigenvalue weighted by atomic mass is 10.0. The van der Waals surface area contributed by atoms with E-state index in [0.29, 0.717) is 0 Å². The van der Waals surface area contributed by atoms with Gasteiger partial charge in [0, 0.05) is 18.6 Å². The van der Waals surface area contributed by atoms with Crippen molar-refractivity contribution in [1.82, 2.24) is 0 Å². The van der Waals surface area contributed by atoms with Crippen LogP contribution in [0.4, 0.5) is 0 Å². The van der Waals surface area contributed by atoms with Gasteiger partial charge in [0.25, 0.3) is 0 Å². The van der Waals surface area contributed by atoms with E-state index in [1.807, 2.05) is 0 Å². The number of hydrogen-bond donors (Lipinski definition) is 0. The number of halogens is 4. The lowest BCUT2D eigenvalue weighted by Crippen LogP contribution is -3.00. The number of rotatable bonds is 15. The summed E-state index contributed by atoms with van der Waals surface area (Å²) in [6.07, 6.45) is 24.4. The van der Waals surface area contributed by atoms with E-state index in [-0.39, 0.29) is 17.0 Å². The summed E-state index contributed by atoms with van der Waals surface area (Å²) < 4.78 is 1.54. The zero-order valence-electron chi connectivity index (χ0n) is 17.0. The van der Waals surface area contributed by atoms with Crippen molar-refractivity contribution in [1.29, 1.82) is 0 Å². The molecule has 1 heterocycles. The Bertz CT molecular complexity index is 374. The molecular formula is C22H39BrCl3N. The van der Waals surface area contributed by atoms with Crippen LogP contribution in [-0.4, -0.2) is 4.30 Å². The molecule has 0 saturated carbocycles. The van der Waals surface area contributed by atoms with E-state index in [4.69, 9.17) is 34.8 Å². The Hall–Kier alpha value is 0.500. The fourth-order valence-electron chi connectivity index (χ4n) is 3.07. The quantitative estimate of drug-likeness (QED) is 0.170. The summed E-state index contributed by atoms with van der Waals surface area (Å²) in [6, 6.07) is 6.31. The predicted octanol–water partition coefficient (Wildman–Crippen LogP) is 5.45. The summed E-state index contributed by atoms with van der Waals surface area (Å²) in [5.41, 5.74) is 0. The molecule has 0 aliphatic rings. The SMILES string of the molecule is CCCCCCCCCCCCCCCC[n+]1ccccc1.ClC(Cl)Cl.[Br-]. The minimum Gasteiger partial charge on any atom is -1.00 e. The van der Waals surface area contributed by atoms with E-state index in [2.05, 4.69) is 42.1 Å². The highest BCUT2D eigenvalue weighted by Crippen LogP contribution is 2.12. The average molecular weight is 504 g/mol. The van der Waals surface area contributed by atoms with Gasteiger partial charge in [-0.25, -0.2) is 4.57 Å². The number of hydrogen-bond acceptors (Lipinski definition) is 0. The lowest BCUT2D eigenvalue weighted by molar-refractivity contribution is -0.697. The summed E-state index contributed by atoms with van der Waals surface area (Å²) in [5.74, 6) is 0. The van der Waals surface area contributed by atoms with Crippen molar-refractivity contribution in [3.63, 3.8) is 0 Å². The summed E-state index contributed by atoms with van der Waals surface area (Å²) in [4.78, 5) is 0. The van der Waals surface area contributed by atoms with Crippen molar-refractivity contribution >= 4 is 34.8 Å². The number of unbranched alkanes of at least 4 members (excludes halogenated alkanes) is 13. The van der Waals surface area contributed by atoms with E-state index >= 15 is 0 Å². The third kappa shape index (κ3) is 26.5. The zero-order chi connectivity index (χ0) is 19.3. The third-order valence-electron chi connectivity index (χ3n) is 4.55. The fraction of sp³-hybridized carbons (Fsp3) is 0.773. The van der Waals surface area contributed by atoms with Gasteiger partial charge >= 0.3 is 0 Å². The summed E-state index contributed by atoms with van der Waals surface area (Å²) in [6.45, 7) is 3.47. The van der Waals surface area contributed by atoms with Crippen LogP contribution in [0, 0.1) is 0 Å². The Labute approximate surface area is 193 Å². The molecule has 0 radical (unpaired) electrons. The van der Waals surface area contributed by atoms with E-state index in [1.165, 1.54) is 96.4 Å². The molecule has 1 aromatic rings. The molecule has 160 valence electrons. The first kappa shape index (κ1) is 29.7. The van der Waals surface area contributed by atoms with Crippen molar-refractivity contribution in [2.75, 3.05) is 0 Å². The van der Waals surface area contributed by atoms with Crippen molar-refractivity contribution in [2.24, 2.45) is 0 Å². The van der Waals surface area contributed by atoms with Gasteiger partial charge in [0.1, 0.15) is 6.54 Å². The molecule has 0 bridgehead atoms. The second kappa shape index (κ2) is 24.5. The van der Waals surface area contributed by atoms with Crippen LogP contribution < -0.4 is 21.5 Å². The van der Waals surface area contributed by atoms with Crippen LogP contribution in [0.3, 0.4) is 0 Å². The van der Waals surface area contributed by atoms with Crippen LogP contribution >= 0.6 is 34.8 Å².